The summed E-state index contributed by atoms with van der Waals surface area (Å²) in [4.78, 5) is 14.3. The van der Waals surface area contributed by atoms with E-state index in [9.17, 15) is 4.79 Å². The molecule has 0 radical (unpaired) electrons. The second-order valence-electron chi connectivity index (χ2n) is 6.03. The third kappa shape index (κ3) is 3.21. The highest BCUT2D eigenvalue weighted by Crippen LogP contribution is 2.27. The maximum atomic E-state index is 11.8. The van der Waals surface area contributed by atoms with Gasteiger partial charge in [0.1, 0.15) is 5.69 Å². The van der Waals surface area contributed by atoms with E-state index in [4.69, 9.17) is 4.74 Å². The number of ketones is 1. The largest absolute Gasteiger partial charge is 0.379 e. The van der Waals surface area contributed by atoms with Crippen LogP contribution >= 0.6 is 0 Å². The molecule has 1 aliphatic heterocycles. The van der Waals surface area contributed by atoms with Gasteiger partial charge in [0.05, 0.1) is 19.4 Å². The quantitative estimate of drug-likeness (QED) is 0.814. The number of ether oxygens (including phenoxy) is 1. The molecule has 2 aromatic rings. The monoisotopic (exact) mass is 313 g/mol. The van der Waals surface area contributed by atoms with Crippen LogP contribution in [0.5, 0.6) is 0 Å². The number of rotatable bonds is 4. The number of carbonyl (C=O) groups is 1. The summed E-state index contributed by atoms with van der Waals surface area (Å²) < 4.78 is 7.06. The second kappa shape index (κ2) is 6.64. The van der Waals surface area contributed by atoms with Crippen molar-refractivity contribution in [2.24, 2.45) is 7.05 Å². The average Bonchev–Trinajstić information content (AvgIpc) is 2.97. The van der Waals surface area contributed by atoms with Crippen LogP contribution in [0.2, 0.25) is 0 Å². The summed E-state index contributed by atoms with van der Waals surface area (Å²) in [5, 5.41) is 4.22. The van der Waals surface area contributed by atoms with Gasteiger partial charge in [-0.1, -0.05) is 24.3 Å². The van der Waals surface area contributed by atoms with Crippen LogP contribution in [-0.2, 0) is 11.8 Å². The molecular formula is C18H23N3O2. The molecule has 23 heavy (non-hydrogen) atoms. The minimum Gasteiger partial charge on any atom is -0.379 e. The fraction of sp³-hybridized carbons (Fsp3) is 0.444. The van der Waals surface area contributed by atoms with E-state index in [0.29, 0.717) is 11.7 Å². The maximum absolute atomic E-state index is 11.8. The predicted molar refractivity (Wildman–Crippen MR) is 89.5 cm³/mol. The fourth-order valence-electron chi connectivity index (χ4n) is 3.18. The van der Waals surface area contributed by atoms with Gasteiger partial charge in [-0.3, -0.25) is 14.4 Å². The van der Waals surface area contributed by atoms with Crippen LogP contribution in [0, 0.1) is 0 Å². The zero-order valence-electron chi connectivity index (χ0n) is 14.0. The third-order valence-corrected chi connectivity index (χ3v) is 4.57. The lowest BCUT2D eigenvalue weighted by Crippen LogP contribution is -2.37. The van der Waals surface area contributed by atoms with Crippen molar-refractivity contribution in [1.82, 2.24) is 14.7 Å². The van der Waals surface area contributed by atoms with E-state index >= 15 is 0 Å². The van der Waals surface area contributed by atoms with Crippen LogP contribution in [0.1, 0.15) is 35.9 Å². The molecule has 1 atom stereocenters. The van der Waals surface area contributed by atoms with E-state index < -0.39 is 0 Å². The molecule has 0 N–H and O–H groups in total. The van der Waals surface area contributed by atoms with Crippen molar-refractivity contribution < 1.29 is 9.53 Å². The van der Waals surface area contributed by atoms with Crippen molar-refractivity contribution in [2.45, 2.75) is 19.9 Å². The van der Waals surface area contributed by atoms with Crippen LogP contribution in [0.15, 0.2) is 30.5 Å². The molecule has 1 saturated heterocycles. The van der Waals surface area contributed by atoms with E-state index in [1.165, 1.54) is 5.56 Å². The number of hydrogen-bond acceptors (Lipinski definition) is 4. The van der Waals surface area contributed by atoms with Crippen molar-refractivity contribution >= 4 is 5.78 Å². The molecule has 1 fully saturated rings. The first-order valence-electron chi connectivity index (χ1n) is 8.03. The molecule has 1 aromatic carbocycles. The van der Waals surface area contributed by atoms with Gasteiger partial charge in [0.2, 0.25) is 0 Å². The minimum absolute atomic E-state index is 0.0331. The summed E-state index contributed by atoms with van der Waals surface area (Å²) in [6, 6.07) is 8.82. The Hall–Kier alpha value is -1.98. The summed E-state index contributed by atoms with van der Waals surface area (Å²) in [5.41, 5.74) is 3.86. The smallest absolute Gasteiger partial charge is 0.178 e. The van der Waals surface area contributed by atoms with Crippen LogP contribution < -0.4 is 0 Å². The summed E-state index contributed by atoms with van der Waals surface area (Å²) in [6.45, 7) is 7.36. The van der Waals surface area contributed by atoms with Gasteiger partial charge < -0.3 is 4.74 Å². The first kappa shape index (κ1) is 15.9. The number of benzene rings is 1. The van der Waals surface area contributed by atoms with Crippen LogP contribution in [-0.4, -0.2) is 46.8 Å². The highest BCUT2D eigenvalue weighted by molar-refractivity contribution is 5.99. The zero-order valence-corrected chi connectivity index (χ0v) is 14.0. The highest BCUT2D eigenvalue weighted by Gasteiger charge is 2.19. The first-order valence-corrected chi connectivity index (χ1v) is 8.03. The lowest BCUT2D eigenvalue weighted by atomic mass is 10.00. The molecule has 5 heteroatoms. The standard InChI is InChI=1S/C18H23N3O2/c1-13(21-8-10-23-11-9-21)15-4-6-16(7-5-15)17-12-19-20(3)18(17)14(2)22/h4-7,12-13H,8-11H2,1-3H3. The van der Waals surface area contributed by atoms with Gasteiger partial charge >= 0.3 is 0 Å². The lowest BCUT2D eigenvalue weighted by Gasteiger charge is -2.32. The second-order valence-corrected chi connectivity index (χ2v) is 6.03. The van der Waals surface area contributed by atoms with Gasteiger partial charge in [0.25, 0.3) is 0 Å². The van der Waals surface area contributed by atoms with Crippen molar-refractivity contribution in [2.75, 3.05) is 26.3 Å². The van der Waals surface area contributed by atoms with Gasteiger partial charge in [-0.15, -0.1) is 0 Å². The van der Waals surface area contributed by atoms with Crippen molar-refractivity contribution in [3.05, 3.63) is 41.7 Å². The molecule has 0 bridgehead atoms. The number of morpholine rings is 1. The third-order valence-electron chi connectivity index (χ3n) is 4.57. The zero-order chi connectivity index (χ0) is 16.4. The van der Waals surface area contributed by atoms with Gasteiger partial charge in [-0.2, -0.15) is 5.10 Å². The number of carbonyl (C=O) groups excluding carboxylic acids is 1. The molecule has 0 amide bonds. The number of hydrogen-bond donors (Lipinski definition) is 0. The summed E-state index contributed by atoms with van der Waals surface area (Å²) in [7, 11) is 1.80. The number of Topliss-reactive ketones (excluding diaryl/α,β-unsaturated/α-hetero) is 1. The lowest BCUT2D eigenvalue weighted by molar-refractivity contribution is 0.0198. The van der Waals surface area contributed by atoms with Crippen molar-refractivity contribution in [3.8, 4) is 11.1 Å². The van der Waals surface area contributed by atoms with Gasteiger partial charge in [-0.05, 0) is 18.1 Å². The van der Waals surface area contributed by atoms with E-state index in [0.717, 1.165) is 37.4 Å². The molecular weight excluding hydrogens is 290 g/mol. The Morgan fingerprint density at radius 2 is 1.87 bits per heavy atom. The Morgan fingerprint density at radius 1 is 1.22 bits per heavy atom. The number of aryl methyl sites for hydroxylation is 1. The van der Waals surface area contributed by atoms with Gasteiger partial charge in [-0.25, -0.2) is 0 Å². The molecule has 0 spiro atoms. The molecule has 1 unspecified atom stereocenters. The van der Waals surface area contributed by atoms with Crippen molar-refractivity contribution in [3.63, 3.8) is 0 Å². The number of aromatic nitrogens is 2. The van der Waals surface area contributed by atoms with Crippen LogP contribution in [0.25, 0.3) is 11.1 Å². The predicted octanol–water partition coefficient (Wildman–Crippen LogP) is 2.68. The number of nitrogens with zero attached hydrogens (tertiary/aromatic N) is 3. The Morgan fingerprint density at radius 3 is 2.48 bits per heavy atom. The molecule has 2 heterocycles. The fourth-order valence-corrected chi connectivity index (χ4v) is 3.18. The van der Waals surface area contributed by atoms with E-state index in [2.05, 4.69) is 41.2 Å². The molecule has 0 saturated carbocycles. The van der Waals surface area contributed by atoms with E-state index in [1.54, 1.807) is 24.9 Å². The molecule has 5 nitrogen and oxygen atoms in total. The molecule has 0 aliphatic carbocycles. The first-order chi connectivity index (χ1) is 11.1. The Labute approximate surface area is 136 Å². The van der Waals surface area contributed by atoms with Gasteiger partial charge in [0.15, 0.2) is 5.78 Å². The Balaban J connectivity index is 1.83. The molecule has 3 rings (SSSR count). The summed E-state index contributed by atoms with van der Waals surface area (Å²) in [5.74, 6) is 0.0331. The summed E-state index contributed by atoms with van der Waals surface area (Å²) in [6.07, 6.45) is 1.76. The Kier molecular flexibility index (Phi) is 4.59. The van der Waals surface area contributed by atoms with Crippen molar-refractivity contribution in [1.29, 1.82) is 0 Å². The average molecular weight is 313 g/mol. The minimum atomic E-state index is 0.0331. The summed E-state index contributed by atoms with van der Waals surface area (Å²) >= 11 is 0. The SMILES string of the molecule is CC(=O)c1c(-c2ccc(C(C)N3CCOCC3)cc2)cnn1C. The normalized spacial score (nSPS) is 17.2. The molecule has 1 aliphatic rings. The van der Waals surface area contributed by atoms with Crippen LogP contribution in [0.3, 0.4) is 0 Å². The van der Waals surface area contributed by atoms with Gasteiger partial charge in [0, 0.05) is 38.7 Å². The molecule has 1 aromatic heterocycles. The molecule has 122 valence electrons. The van der Waals surface area contributed by atoms with E-state index in [1.807, 2.05) is 0 Å². The topological polar surface area (TPSA) is 47.4 Å². The Bertz CT molecular complexity index is 685. The maximum Gasteiger partial charge on any atom is 0.178 e. The highest BCUT2D eigenvalue weighted by atomic mass is 16.5. The van der Waals surface area contributed by atoms with Crippen LogP contribution in [0.4, 0.5) is 0 Å². The van der Waals surface area contributed by atoms with E-state index in [-0.39, 0.29) is 5.78 Å².